The van der Waals surface area contributed by atoms with Crippen LogP contribution in [-0.4, -0.2) is 49.4 Å². The maximum atomic E-state index is 14.6. The van der Waals surface area contributed by atoms with E-state index in [1.54, 1.807) is 6.07 Å². The molecule has 1 saturated heterocycles. The van der Waals surface area contributed by atoms with Crippen LogP contribution in [0.3, 0.4) is 0 Å². The van der Waals surface area contributed by atoms with E-state index in [2.05, 4.69) is 15.9 Å². The van der Waals surface area contributed by atoms with E-state index in [0.29, 0.717) is 4.57 Å². The number of hydrogen-bond donors (Lipinski definition) is 3. The second kappa shape index (κ2) is 7.84. The average Bonchev–Trinajstić information content (AvgIpc) is 2.97. The predicted octanol–water partition coefficient (Wildman–Crippen LogP) is 0.176. The van der Waals surface area contributed by atoms with E-state index < -0.39 is 54.9 Å². The molecule has 1 aromatic carbocycles. The van der Waals surface area contributed by atoms with E-state index in [4.69, 9.17) is 4.74 Å². The molecule has 3 N–H and O–H groups in total. The smallest absolute Gasteiger partial charge is 0.333 e. The molecule has 2 heterocycles. The molecule has 1 aromatic heterocycles. The normalized spacial score (nSPS) is 25.2. The molecule has 28 heavy (non-hydrogen) atoms. The molecular weight excluding hydrogens is 446 g/mol. The summed E-state index contributed by atoms with van der Waals surface area (Å²) in [6, 6.07) is 6.72. The summed E-state index contributed by atoms with van der Waals surface area (Å²) in [5.41, 5.74) is -2.51. The van der Waals surface area contributed by atoms with E-state index in [9.17, 15) is 33.7 Å². The van der Waals surface area contributed by atoms with E-state index >= 15 is 0 Å². The molecule has 152 valence electrons. The number of halogens is 3. The van der Waals surface area contributed by atoms with Gasteiger partial charge in [0.05, 0.1) is 17.6 Å². The predicted molar refractivity (Wildman–Crippen MR) is 96.0 cm³/mol. The molecule has 2 aromatic rings. The first-order chi connectivity index (χ1) is 13.2. The van der Waals surface area contributed by atoms with E-state index in [0.717, 1.165) is 10.8 Å². The highest BCUT2D eigenvalue weighted by Gasteiger charge is 2.44. The van der Waals surface area contributed by atoms with Crippen LogP contribution in [-0.2, 0) is 17.2 Å². The average molecular weight is 463 g/mol. The van der Waals surface area contributed by atoms with Crippen molar-refractivity contribution < 1.29 is 28.8 Å². The highest BCUT2D eigenvalue weighted by molar-refractivity contribution is 9.10. The molecule has 0 saturated carbocycles. The standard InChI is InChI=1S/C17H17BrF2N2O6/c18-10-6-21(15-13(25)12(24)11(7-23)28-15)16(27)22(14(10)26)8-17(19,20)9-4-2-1-3-5-9/h1-6,11-13,15,23-25H,7-8H2/t11-,12?,13?,15-/m1/s1. The van der Waals surface area contributed by atoms with Crippen molar-refractivity contribution in [3.63, 3.8) is 0 Å². The van der Waals surface area contributed by atoms with Crippen LogP contribution in [0.5, 0.6) is 0 Å². The van der Waals surface area contributed by atoms with E-state index in [1.807, 2.05) is 0 Å². The first-order valence-electron chi connectivity index (χ1n) is 8.24. The van der Waals surface area contributed by atoms with Gasteiger partial charge in [-0.2, -0.15) is 8.78 Å². The molecule has 0 aliphatic carbocycles. The van der Waals surface area contributed by atoms with Crippen LogP contribution in [0.1, 0.15) is 11.8 Å². The highest BCUT2D eigenvalue weighted by atomic mass is 79.9. The van der Waals surface area contributed by atoms with E-state index in [-0.39, 0.29) is 10.0 Å². The Hall–Kier alpha value is -1.92. The molecule has 0 amide bonds. The molecule has 0 spiro atoms. The molecule has 0 radical (unpaired) electrons. The maximum absolute atomic E-state index is 14.6. The fourth-order valence-corrected chi connectivity index (χ4v) is 3.43. The first-order valence-corrected chi connectivity index (χ1v) is 9.04. The van der Waals surface area contributed by atoms with Crippen LogP contribution in [0.2, 0.25) is 0 Å². The molecule has 1 aliphatic rings. The van der Waals surface area contributed by atoms with Gasteiger partial charge in [-0.1, -0.05) is 30.3 Å². The van der Waals surface area contributed by atoms with Gasteiger partial charge in [0, 0.05) is 11.8 Å². The Labute approximate surface area is 165 Å². The van der Waals surface area contributed by atoms with Gasteiger partial charge in [-0.05, 0) is 15.9 Å². The highest BCUT2D eigenvalue weighted by Crippen LogP contribution is 2.30. The number of aromatic nitrogens is 2. The fourth-order valence-electron chi connectivity index (χ4n) is 2.99. The van der Waals surface area contributed by atoms with Crippen LogP contribution in [0.25, 0.3) is 0 Å². The molecule has 4 atom stereocenters. The maximum Gasteiger partial charge on any atom is 0.333 e. The molecular formula is C17H17BrF2N2O6. The second-order valence-corrected chi connectivity index (χ2v) is 7.21. The van der Waals surface area contributed by atoms with Crippen LogP contribution < -0.4 is 11.2 Å². The van der Waals surface area contributed by atoms with Gasteiger partial charge in [0.2, 0.25) is 0 Å². The summed E-state index contributed by atoms with van der Waals surface area (Å²) >= 11 is 2.92. The van der Waals surface area contributed by atoms with Crippen LogP contribution in [0, 0.1) is 0 Å². The first kappa shape index (κ1) is 20.8. The lowest BCUT2D eigenvalue weighted by Crippen LogP contribution is -2.46. The minimum atomic E-state index is -3.52. The summed E-state index contributed by atoms with van der Waals surface area (Å²) in [6.45, 7) is -1.86. The molecule has 0 bridgehead atoms. The summed E-state index contributed by atoms with van der Waals surface area (Å²) < 4.78 is 35.3. The van der Waals surface area contributed by atoms with Crippen molar-refractivity contribution in [3.8, 4) is 0 Å². The van der Waals surface area contributed by atoms with Gasteiger partial charge in [0.25, 0.3) is 11.5 Å². The number of ether oxygens (including phenoxy) is 1. The molecule has 2 unspecified atom stereocenters. The number of benzene rings is 1. The third kappa shape index (κ3) is 3.67. The van der Waals surface area contributed by atoms with Crippen molar-refractivity contribution in [2.75, 3.05) is 6.61 Å². The van der Waals surface area contributed by atoms with Gasteiger partial charge in [-0.3, -0.25) is 13.9 Å². The van der Waals surface area contributed by atoms with Gasteiger partial charge in [-0.25, -0.2) is 4.79 Å². The van der Waals surface area contributed by atoms with Crippen LogP contribution in [0.15, 0.2) is 50.6 Å². The Morgan fingerprint density at radius 1 is 1.14 bits per heavy atom. The number of alkyl halides is 2. The Kier molecular flexibility index (Phi) is 5.82. The number of hydrogen-bond acceptors (Lipinski definition) is 6. The third-order valence-corrected chi connectivity index (χ3v) is 5.04. The molecule has 8 nitrogen and oxygen atoms in total. The zero-order valence-corrected chi connectivity index (χ0v) is 15.9. The summed E-state index contributed by atoms with van der Waals surface area (Å²) in [5, 5.41) is 29.1. The quantitative estimate of drug-likeness (QED) is 0.583. The monoisotopic (exact) mass is 462 g/mol. The Balaban J connectivity index is 2.04. The number of aliphatic hydroxyl groups excluding tert-OH is 3. The lowest BCUT2D eigenvalue weighted by molar-refractivity contribution is -0.0578. The Morgan fingerprint density at radius 3 is 2.36 bits per heavy atom. The van der Waals surface area contributed by atoms with Crippen molar-refractivity contribution >= 4 is 15.9 Å². The van der Waals surface area contributed by atoms with Crippen molar-refractivity contribution in [3.05, 3.63) is 67.4 Å². The van der Waals surface area contributed by atoms with Gasteiger partial charge in [-0.15, -0.1) is 0 Å². The van der Waals surface area contributed by atoms with Crippen molar-refractivity contribution in [2.45, 2.75) is 37.0 Å². The molecule has 1 fully saturated rings. The van der Waals surface area contributed by atoms with Gasteiger partial charge in [0.15, 0.2) is 6.23 Å². The minimum Gasteiger partial charge on any atom is -0.394 e. The minimum absolute atomic E-state index is 0.214. The number of aliphatic hydroxyl groups is 3. The zero-order valence-electron chi connectivity index (χ0n) is 14.3. The van der Waals surface area contributed by atoms with E-state index in [1.165, 1.54) is 24.3 Å². The second-order valence-electron chi connectivity index (χ2n) is 6.36. The summed E-state index contributed by atoms with van der Waals surface area (Å²) in [7, 11) is 0. The van der Waals surface area contributed by atoms with Crippen LogP contribution >= 0.6 is 15.9 Å². The van der Waals surface area contributed by atoms with Crippen molar-refractivity contribution in [2.24, 2.45) is 0 Å². The Morgan fingerprint density at radius 2 is 1.79 bits per heavy atom. The Bertz CT molecular complexity index is 964. The number of rotatable bonds is 5. The van der Waals surface area contributed by atoms with Crippen molar-refractivity contribution in [1.29, 1.82) is 0 Å². The summed E-state index contributed by atoms with van der Waals surface area (Å²) in [5.74, 6) is -3.52. The van der Waals surface area contributed by atoms with Gasteiger partial charge in [0.1, 0.15) is 18.3 Å². The zero-order chi connectivity index (χ0) is 20.6. The fraction of sp³-hybridized carbons (Fsp3) is 0.412. The molecule has 3 rings (SSSR count). The topological polar surface area (TPSA) is 114 Å². The van der Waals surface area contributed by atoms with Gasteiger partial charge >= 0.3 is 5.69 Å². The molecule has 1 aliphatic heterocycles. The lowest BCUT2D eigenvalue weighted by atomic mass is 10.1. The largest absolute Gasteiger partial charge is 0.394 e. The lowest BCUT2D eigenvalue weighted by Gasteiger charge is -2.22. The SMILES string of the molecule is O=c1c(Br)cn([C@@H]2O[C@H](CO)C(O)C2O)c(=O)n1CC(F)(F)c1ccccc1. The number of nitrogens with zero attached hydrogens (tertiary/aromatic N) is 2. The van der Waals surface area contributed by atoms with Crippen LogP contribution in [0.4, 0.5) is 8.78 Å². The molecule has 11 heteroatoms. The van der Waals surface area contributed by atoms with Crippen molar-refractivity contribution in [1.82, 2.24) is 9.13 Å². The van der Waals surface area contributed by atoms with Gasteiger partial charge < -0.3 is 20.1 Å². The summed E-state index contributed by atoms with van der Waals surface area (Å²) in [6.07, 6.45) is -4.75. The summed E-state index contributed by atoms with van der Waals surface area (Å²) in [4.78, 5) is 25.0. The third-order valence-electron chi connectivity index (χ3n) is 4.50.